The molecule has 4 nitrogen and oxygen atoms in total. The smallest absolute Gasteiger partial charge is 0.218 e. The molecule has 0 saturated heterocycles. The Labute approximate surface area is 166 Å². The van der Waals surface area contributed by atoms with E-state index in [4.69, 9.17) is 0 Å². The van der Waals surface area contributed by atoms with Crippen LogP contribution in [0.25, 0.3) is 11.1 Å². The first-order chi connectivity index (χ1) is 13.9. The molecule has 0 bridgehead atoms. The number of alkyl halides is 6. The molecule has 0 spiro atoms. The quantitative estimate of drug-likeness (QED) is 0.444. The van der Waals surface area contributed by atoms with E-state index in [2.05, 4.69) is 0 Å². The van der Waals surface area contributed by atoms with Gasteiger partial charge in [0.2, 0.25) is 4.58 Å². The van der Waals surface area contributed by atoms with Crippen LogP contribution in [0.1, 0.15) is 10.1 Å². The summed E-state index contributed by atoms with van der Waals surface area (Å²) in [6.45, 7) is 0. The molecule has 0 N–H and O–H groups in total. The average molecular weight is 504 g/mol. The van der Waals surface area contributed by atoms with Crippen LogP contribution in [0.5, 0.6) is 0 Å². The molecule has 2 rings (SSSR count). The Morgan fingerprint density at radius 2 is 0.968 bits per heavy atom. The minimum Gasteiger partial charge on any atom is -0.218 e. The molecule has 0 aliphatic rings. The van der Waals surface area contributed by atoms with Gasteiger partial charge in [-0.15, -0.1) is 0 Å². The molecule has 2 aromatic carbocycles. The van der Waals surface area contributed by atoms with Gasteiger partial charge in [-0.2, -0.15) is 26.3 Å². The lowest BCUT2D eigenvalue weighted by Crippen LogP contribution is -2.40. The number of sulfone groups is 2. The van der Waals surface area contributed by atoms with Crippen molar-refractivity contribution >= 4 is 19.7 Å². The second-order valence-corrected chi connectivity index (χ2v) is 10.1. The van der Waals surface area contributed by atoms with Crippen molar-refractivity contribution < 1.29 is 60.7 Å². The summed E-state index contributed by atoms with van der Waals surface area (Å²) >= 11 is 0. The minimum atomic E-state index is -7.61. The maximum Gasteiger partial charge on any atom is 0.499 e. The molecule has 31 heavy (non-hydrogen) atoms. The lowest BCUT2D eigenvalue weighted by molar-refractivity contribution is -0.0473. The fourth-order valence-corrected chi connectivity index (χ4v) is 5.94. The molecule has 0 amide bonds. The summed E-state index contributed by atoms with van der Waals surface area (Å²) in [5.74, 6) is -11.4. The van der Waals surface area contributed by atoms with E-state index < -0.39 is 75.2 Å². The van der Waals surface area contributed by atoms with Crippen LogP contribution in [-0.4, -0.2) is 27.9 Å². The maximum absolute atomic E-state index is 14.4. The zero-order valence-corrected chi connectivity index (χ0v) is 15.8. The maximum atomic E-state index is 14.4. The molecule has 2 aromatic rings. The van der Waals surface area contributed by atoms with Gasteiger partial charge in [0.25, 0.3) is 19.7 Å². The van der Waals surface area contributed by atoms with Crippen molar-refractivity contribution in [3.8, 4) is 11.1 Å². The lowest BCUT2D eigenvalue weighted by atomic mass is 10.0. The largest absolute Gasteiger partial charge is 0.499 e. The third kappa shape index (κ3) is 3.97. The third-order valence-electron chi connectivity index (χ3n) is 3.80. The molecular weight excluding hydrogens is 498 g/mol. The molecule has 0 aliphatic carbocycles. The zero-order chi connectivity index (χ0) is 24.2. The molecule has 0 atom stereocenters. The van der Waals surface area contributed by atoms with Crippen molar-refractivity contribution in [3.05, 3.63) is 59.2 Å². The second kappa shape index (κ2) is 7.65. The Bertz CT molecular complexity index is 1140. The van der Waals surface area contributed by atoms with Crippen LogP contribution in [0.4, 0.5) is 43.9 Å². The highest BCUT2D eigenvalue weighted by atomic mass is 32.3. The van der Waals surface area contributed by atoms with E-state index in [1.165, 1.54) is 6.07 Å². The molecule has 0 heterocycles. The van der Waals surface area contributed by atoms with Gasteiger partial charge in [0.05, 0.1) is 11.1 Å². The molecule has 0 aromatic heterocycles. The SMILES string of the molecule is O=S(=O)(C(c1c(F)c(F)c(-c2ccccc2)c(F)c1F)S(=O)(=O)C(F)(F)F)C(F)(F)F. The monoisotopic (exact) mass is 504 g/mol. The van der Waals surface area contributed by atoms with E-state index in [1.807, 2.05) is 0 Å². The Morgan fingerprint density at radius 3 is 1.29 bits per heavy atom. The van der Waals surface area contributed by atoms with Crippen LogP contribution in [0.15, 0.2) is 30.3 Å². The van der Waals surface area contributed by atoms with Crippen LogP contribution >= 0.6 is 0 Å². The topological polar surface area (TPSA) is 68.3 Å². The molecule has 0 radical (unpaired) electrons. The van der Waals surface area contributed by atoms with E-state index in [9.17, 15) is 60.7 Å². The Morgan fingerprint density at radius 1 is 0.613 bits per heavy atom. The van der Waals surface area contributed by atoms with Crippen LogP contribution < -0.4 is 0 Å². The predicted molar refractivity (Wildman–Crippen MR) is 84.4 cm³/mol. The number of hydrogen-bond donors (Lipinski definition) is 0. The molecule has 172 valence electrons. The van der Waals surface area contributed by atoms with Gasteiger partial charge in [-0.1, -0.05) is 30.3 Å². The van der Waals surface area contributed by atoms with Crippen molar-refractivity contribution in [2.24, 2.45) is 0 Å². The first-order valence-corrected chi connectivity index (χ1v) is 10.5. The van der Waals surface area contributed by atoms with E-state index in [-0.39, 0.29) is 0 Å². The Kier molecular flexibility index (Phi) is 6.15. The minimum absolute atomic E-state index is 0.643. The molecule has 0 fully saturated rings. The van der Waals surface area contributed by atoms with Crippen LogP contribution in [0.2, 0.25) is 0 Å². The first-order valence-electron chi connectivity index (χ1n) is 7.39. The van der Waals surface area contributed by atoms with E-state index in [0.29, 0.717) is 0 Å². The van der Waals surface area contributed by atoms with Crippen LogP contribution in [-0.2, 0) is 19.7 Å². The van der Waals surface area contributed by atoms with E-state index in [1.54, 1.807) is 0 Å². The van der Waals surface area contributed by atoms with Gasteiger partial charge in [-0.3, -0.25) is 0 Å². The highest BCUT2D eigenvalue weighted by molar-refractivity contribution is 8.09. The summed E-state index contributed by atoms with van der Waals surface area (Å²) in [4.78, 5) is 0. The van der Waals surface area contributed by atoms with Gasteiger partial charge in [0.15, 0.2) is 23.3 Å². The molecule has 0 aliphatic heterocycles. The van der Waals surface area contributed by atoms with E-state index in [0.717, 1.165) is 24.3 Å². The highest BCUT2D eigenvalue weighted by Gasteiger charge is 2.65. The summed E-state index contributed by atoms with van der Waals surface area (Å²) in [5, 5.41) is 0. The fourth-order valence-electron chi connectivity index (χ4n) is 2.43. The van der Waals surface area contributed by atoms with Gasteiger partial charge < -0.3 is 0 Å². The molecular formula is C15H6F10O4S2. The molecule has 16 heteroatoms. The lowest BCUT2D eigenvalue weighted by Gasteiger charge is -2.23. The van der Waals surface area contributed by atoms with Gasteiger partial charge in [-0.05, 0) is 5.56 Å². The third-order valence-corrected chi connectivity index (χ3v) is 8.21. The van der Waals surface area contributed by atoms with Crippen molar-refractivity contribution in [1.82, 2.24) is 0 Å². The predicted octanol–water partition coefficient (Wildman–Crippen LogP) is 4.78. The van der Waals surface area contributed by atoms with Crippen molar-refractivity contribution in [3.63, 3.8) is 0 Å². The highest BCUT2D eigenvalue weighted by Crippen LogP contribution is 2.47. The summed E-state index contributed by atoms with van der Waals surface area (Å²) in [7, 11) is -15.2. The Balaban J connectivity index is 3.06. The zero-order valence-electron chi connectivity index (χ0n) is 14.2. The van der Waals surface area contributed by atoms with Crippen molar-refractivity contribution in [2.45, 2.75) is 15.6 Å². The Hall–Kier alpha value is -2.36. The van der Waals surface area contributed by atoms with Crippen molar-refractivity contribution in [2.75, 3.05) is 0 Å². The number of halogens is 10. The van der Waals surface area contributed by atoms with Gasteiger partial charge in [0, 0.05) is 0 Å². The molecule has 0 saturated carbocycles. The van der Waals surface area contributed by atoms with E-state index >= 15 is 0 Å². The second-order valence-electron chi connectivity index (χ2n) is 5.72. The number of benzene rings is 2. The molecule has 0 unspecified atom stereocenters. The van der Waals surface area contributed by atoms with Crippen molar-refractivity contribution in [1.29, 1.82) is 0 Å². The first kappa shape index (κ1) is 24.9. The van der Waals surface area contributed by atoms with Gasteiger partial charge >= 0.3 is 11.0 Å². The summed E-state index contributed by atoms with van der Waals surface area (Å²) in [6, 6.07) is 5.13. The van der Waals surface area contributed by atoms with Gasteiger partial charge in [-0.25, -0.2) is 34.4 Å². The van der Waals surface area contributed by atoms with Crippen LogP contribution in [0.3, 0.4) is 0 Å². The average Bonchev–Trinajstić information content (AvgIpc) is 2.62. The summed E-state index contributed by atoms with van der Waals surface area (Å²) < 4.78 is 176. The number of hydrogen-bond acceptors (Lipinski definition) is 4. The standard InChI is InChI=1S/C15H6F10O4S2/c16-9-7(6-4-2-1-3-5-6)10(17)12(19)8(11(9)18)13(30(26,27)14(20,21)22)31(28,29)15(23,24)25/h1-5,13H. The summed E-state index contributed by atoms with van der Waals surface area (Å²) in [5.41, 5.74) is -19.0. The van der Waals surface area contributed by atoms with Crippen LogP contribution in [0, 0.1) is 23.3 Å². The summed E-state index contributed by atoms with van der Waals surface area (Å²) in [6.07, 6.45) is 0. The fraction of sp³-hybridized carbons (Fsp3) is 0.200. The number of rotatable bonds is 4. The van der Waals surface area contributed by atoms with Gasteiger partial charge in [0.1, 0.15) is 0 Å². The normalized spacial score (nSPS) is 13.6.